The molecule has 0 spiro atoms. The van der Waals surface area contributed by atoms with Crippen molar-refractivity contribution in [2.24, 2.45) is 16.5 Å². The van der Waals surface area contributed by atoms with Crippen molar-refractivity contribution in [3.63, 3.8) is 0 Å². The highest BCUT2D eigenvalue weighted by atomic mass is 127. The lowest BCUT2D eigenvalue weighted by Crippen LogP contribution is -2.30. The van der Waals surface area contributed by atoms with E-state index in [-0.39, 0.29) is 5.96 Å². The SMILES string of the molecule is Cc1cc(I)ccc1N(C)C(=O)N=C(N)N. The van der Waals surface area contributed by atoms with E-state index in [2.05, 4.69) is 27.6 Å². The summed E-state index contributed by atoms with van der Waals surface area (Å²) in [4.78, 5) is 16.5. The number of guanidine groups is 1. The van der Waals surface area contributed by atoms with E-state index in [1.165, 1.54) is 4.90 Å². The number of rotatable bonds is 1. The van der Waals surface area contributed by atoms with Gasteiger partial charge in [-0.1, -0.05) is 0 Å². The smallest absolute Gasteiger partial charge is 0.350 e. The molecule has 0 unspecified atom stereocenters. The Morgan fingerprint density at radius 3 is 2.56 bits per heavy atom. The molecule has 0 aliphatic heterocycles. The predicted octanol–water partition coefficient (Wildman–Crippen LogP) is 1.43. The summed E-state index contributed by atoms with van der Waals surface area (Å²) in [6.45, 7) is 1.93. The summed E-state index contributed by atoms with van der Waals surface area (Å²) < 4.78 is 1.11. The number of aryl methyl sites for hydroxylation is 1. The monoisotopic (exact) mass is 332 g/mol. The molecule has 1 aromatic carbocycles. The van der Waals surface area contributed by atoms with Gasteiger partial charge in [0.05, 0.1) is 0 Å². The first-order valence-electron chi connectivity index (χ1n) is 4.55. The molecule has 1 rings (SSSR count). The topological polar surface area (TPSA) is 84.7 Å². The van der Waals surface area contributed by atoms with Crippen LogP contribution >= 0.6 is 22.6 Å². The van der Waals surface area contributed by atoms with Gasteiger partial charge in [0.25, 0.3) is 0 Å². The van der Waals surface area contributed by atoms with E-state index in [1.807, 2.05) is 25.1 Å². The van der Waals surface area contributed by atoms with Gasteiger partial charge in [-0.05, 0) is 53.3 Å². The zero-order valence-corrected chi connectivity index (χ0v) is 11.2. The van der Waals surface area contributed by atoms with Crippen molar-refractivity contribution in [1.29, 1.82) is 0 Å². The second-order valence-electron chi connectivity index (χ2n) is 3.31. The van der Waals surface area contributed by atoms with E-state index < -0.39 is 6.03 Å². The second kappa shape index (κ2) is 5.15. The molecule has 0 aliphatic carbocycles. The third-order valence-electron chi connectivity index (χ3n) is 2.03. The first-order chi connectivity index (χ1) is 7.41. The Balaban J connectivity index is 3.01. The van der Waals surface area contributed by atoms with Crippen molar-refractivity contribution < 1.29 is 4.79 Å². The summed E-state index contributed by atoms with van der Waals surface area (Å²) in [6.07, 6.45) is 0. The molecule has 16 heavy (non-hydrogen) atoms. The van der Waals surface area contributed by atoms with Gasteiger partial charge in [-0.25, -0.2) is 4.79 Å². The van der Waals surface area contributed by atoms with Crippen LogP contribution in [0, 0.1) is 10.5 Å². The molecule has 6 heteroatoms. The highest BCUT2D eigenvalue weighted by molar-refractivity contribution is 14.1. The molecule has 0 saturated carbocycles. The molecule has 0 aromatic heterocycles. The van der Waals surface area contributed by atoms with Crippen LogP contribution in [0.2, 0.25) is 0 Å². The van der Waals surface area contributed by atoms with Crippen LogP contribution in [0.25, 0.3) is 0 Å². The lowest BCUT2D eigenvalue weighted by atomic mass is 10.2. The summed E-state index contributed by atoms with van der Waals surface area (Å²) >= 11 is 2.21. The summed E-state index contributed by atoms with van der Waals surface area (Å²) in [6, 6.07) is 5.28. The number of nitrogens with zero attached hydrogens (tertiary/aromatic N) is 2. The Hall–Kier alpha value is -1.31. The minimum atomic E-state index is -0.482. The third kappa shape index (κ3) is 3.09. The number of anilines is 1. The van der Waals surface area contributed by atoms with E-state index in [0.29, 0.717) is 0 Å². The quantitative estimate of drug-likeness (QED) is 0.463. The summed E-state index contributed by atoms with van der Waals surface area (Å²) in [5.41, 5.74) is 12.1. The van der Waals surface area contributed by atoms with Gasteiger partial charge in [-0.3, -0.25) is 4.90 Å². The van der Waals surface area contributed by atoms with Crippen LogP contribution in [0.15, 0.2) is 23.2 Å². The van der Waals surface area contributed by atoms with Crippen molar-refractivity contribution in [1.82, 2.24) is 0 Å². The van der Waals surface area contributed by atoms with Crippen LogP contribution in [0.1, 0.15) is 5.56 Å². The van der Waals surface area contributed by atoms with Crippen LogP contribution in [-0.2, 0) is 0 Å². The van der Waals surface area contributed by atoms with Crippen molar-refractivity contribution in [2.75, 3.05) is 11.9 Å². The number of hydrogen-bond acceptors (Lipinski definition) is 1. The highest BCUT2D eigenvalue weighted by Gasteiger charge is 2.12. The maximum absolute atomic E-state index is 11.6. The average Bonchev–Trinajstić information content (AvgIpc) is 2.15. The minimum absolute atomic E-state index is 0.236. The number of aliphatic imine (C=N–C) groups is 1. The Kier molecular flexibility index (Phi) is 4.11. The maximum Gasteiger partial charge on any atom is 0.350 e. The van der Waals surface area contributed by atoms with Gasteiger partial charge in [-0.15, -0.1) is 0 Å². The summed E-state index contributed by atoms with van der Waals surface area (Å²) in [5.74, 6) is -0.236. The lowest BCUT2D eigenvalue weighted by molar-refractivity contribution is 0.255. The maximum atomic E-state index is 11.6. The molecular formula is C10H13IN4O. The second-order valence-corrected chi connectivity index (χ2v) is 4.55. The molecule has 0 aliphatic rings. The standard InChI is InChI=1S/C10H13IN4O/c1-6-5-7(11)3-4-8(6)15(2)10(16)14-9(12)13/h3-5H,1-2H3,(H4,12,13,14,16). The lowest BCUT2D eigenvalue weighted by Gasteiger charge is -2.17. The van der Waals surface area contributed by atoms with E-state index in [4.69, 9.17) is 11.5 Å². The fourth-order valence-electron chi connectivity index (χ4n) is 1.28. The van der Waals surface area contributed by atoms with E-state index in [9.17, 15) is 4.79 Å². The third-order valence-corrected chi connectivity index (χ3v) is 2.70. The zero-order valence-electron chi connectivity index (χ0n) is 9.07. The number of amides is 2. The zero-order chi connectivity index (χ0) is 12.3. The van der Waals surface area contributed by atoms with Crippen LogP contribution in [0.3, 0.4) is 0 Å². The Labute approximate surface area is 108 Å². The first kappa shape index (κ1) is 12.8. The molecule has 0 atom stereocenters. The Morgan fingerprint density at radius 1 is 1.44 bits per heavy atom. The van der Waals surface area contributed by atoms with Gasteiger partial charge in [0.15, 0.2) is 5.96 Å². The average molecular weight is 332 g/mol. The summed E-state index contributed by atoms with van der Waals surface area (Å²) in [7, 11) is 1.63. The van der Waals surface area contributed by atoms with E-state index >= 15 is 0 Å². The molecule has 0 radical (unpaired) electrons. The van der Waals surface area contributed by atoms with Crippen molar-refractivity contribution in [2.45, 2.75) is 6.92 Å². The predicted molar refractivity (Wildman–Crippen MR) is 73.5 cm³/mol. The van der Waals surface area contributed by atoms with Gasteiger partial charge in [0, 0.05) is 16.3 Å². The number of carbonyl (C=O) groups is 1. The van der Waals surface area contributed by atoms with Gasteiger partial charge in [-0.2, -0.15) is 4.99 Å². The highest BCUT2D eigenvalue weighted by Crippen LogP contribution is 2.21. The molecule has 86 valence electrons. The molecule has 2 amide bonds. The number of carbonyl (C=O) groups excluding carboxylic acids is 1. The molecule has 0 heterocycles. The molecule has 4 N–H and O–H groups in total. The Morgan fingerprint density at radius 2 is 2.06 bits per heavy atom. The molecule has 5 nitrogen and oxygen atoms in total. The fraction of sp³-hybridized carbons (Fsp3) is 0.200. The molecule has 0 saturated heterocycles. The normalized spacial score (nSPS) is 9.69. The van der Waals surface area contributed by atoms with Gasteiger partial charge < -0.3 is 11.5 Å². The van der Waals surface area contributed by atoms with E-state index in [0.717, 1.165) is 14.8 Å². The van der Waals surface area contributed by atoms with Crippen molar-refractivity contribution in [3.05, 3.63) is 27.3 Å². The number of benzene rings is 1. The number of halogens is 1. The van der Waals surface area contributed by atoms with Crippen LogP contribution in [-0.4, -0.2) is 19.0 Å². The van der Waals surface area contributed by atoms with Gasteiger partial charge >= 0.3 is 6.03 Å². The van der Waals surface area contributed by atoms with Gasteiger partial charge in [0.1, 0.15) is 0 Å². The molecule has 0 bridgehead atoms. The summed E-state index contributed by atoms with van der Waals surface area (Å²) in [5, 5.41) is 0. The molecule has 0 fully saturated rings. The first-order valence-corrected chi connectivity index (χ1v) is 5.63. The minimum Gasteiger partial charge on any atom is -0.370 e. The molecule has 1 aromatic rings. The van der Waals surface area contributed by atoms with Crippen LogP contribution in [0.5, 0.6) is 0 Å². The number of nitrogens with two attached hydrogens (primary N) is 2. The van der Waals surface area contributed by atoms with Crippen LogP contribution < -0.4 is 16.4 Å². The fourth-order valence-corrected chi connectivity index (χ4v) is 1.93. The van der Waals surface area contributed by atoms with Gasteiger partial charge in [0.2, 0.25) is 0 Å². The largest absolute Gasteiger partial charge is 0.370 e. The van der Waals surface area contributed by atoms with Crippen molar-refractivity contribution >= 4 is 40.3 Å². The van der Waals surface area contributed by atoms with Crippen molar-refractivity contribution in [3.8, 4) is 0 Å². The number of urea groups is 1. The van der Waals surface area contributed by atoms with Crippen LogP contribution in [0.4, 0.5) is 10.5 Å². The number of hydrogen-bond donors (Lipinski definition) is 2. The Bertz CT molecular complexity index is 440. The van der Waals surface area contributed by atoms with E-state index in [1.54, 1.807) is 7.05 Å². The molecular weight excluding hydrogens is 319 g/mol.